The smallest absolute Gasteiger partial charge is 0.306 e. The van der Waals surface area contributed by atoms with Crippen LogP contribution in [0.15, 0.2) is 24.3 Å². The molecule has 0 saturated carbocycles. The van der Waals surface area contributed by atoms with Gasteiger partial charge in [-0.3, -0.25) is 9.59 Å². The summed E-state index contributed by atoms with van der Waals surface area (Å²) in [6, 6.07) is -0.697. The van der Waals surface area contributed by atoms with Crippen molar-refractivity contribution >= 4 is 11.9 Å². The number of unbranched alkanes of at least 4 members (excludes halogenated alkanes) is 31. The van der Waals surface area contributed by atoms with E-state index in [0.29, 0.717) is 19.3 Å². The molecule has 0 aromatic rings. The maximum Gasteiger partial charge on any atom is 0.306 e. The highest BCUT2D eigenvalue weighted by atomic mass is 16.5. The van der Waals surface area contributed by atoms with Crippen molar-refractivity contribution in [1.82, 2.24) is 5.32 Å². The number of allylic oxidation sites excluding steroid dienone is 4. The number of nitrogens with one attached hydrogen (secondary N) is 1. The molecule has 0 fully saturated rings. The van der Waals surface area contributed by atoms with Crippen LogP contribution in [-0.4, -0.2) is 46.9 Å². The van der Waals surface area contributed by atoms with Gasteiger partial charge in [-0.15, -0.1) is 0 Å². The Labute approximate surface area is 367 Å². The number of aliphatic hydroxyl groups is 2. The number of carbonyl (C=O) groups excluding carboxylic acids is 2. The van der Waals surface area contributed by atoms with Crippen molar-refractivity contribution in [2.75, 3.05) is 6.61 Å². The van der Waals surface area contributed by atoms with Crippen molar-refractivity contribution in [2.45, 2.75) is 296 Å². The highest BCUT2D eigenvalue weighted by Gasteiger charge is 2.24. The molecule has 0 aromatic carbocycles. The fraction of sp³-hybridized carbons (Fsp3) is 0.887. The number of hydrogen-bond acceptors (Lipinski definition) is 5. The molecule has 3 unspecified atom stereocenters. The van der Waals surface area contributed by atoms with E-state index in [1.165, 1.54) is 167 Å². The fourth-order valence-electron chi connectivity index (χ4n) is 8.12. The molecule has 0 heterocycles. The Hall–Kier alpha value is -1.66. The van der Waals surface area contributed by atoms with Crippen LogP contribution >= 0.6 is 0 Å². The summed E-state index contributed by atoms with van der Waals surface area (Å²) in [5, 5.41) is 23.8. The highest BCUT2D eigenvalue weighted by Crippen LogP contribution is 2.18. The summed E-state index contributed by atoms with van der Waals surface area (Å²) in [4.78, 5) is 26.1. The first-order valence-electron chi connectivity index (χ1n) is 26.1. The number of ether oxygens (including phenoxy) is 1. The summed E-state index contributed by atoms with van der Waals surface area (Å²) in [5.74, 6) is -0.470. The van der Waals surface area contributed by atoms with E-state index in [4.69, 9.17) is 4.74 Å². The quantitative estimate of drug-likeness (QED) is 0.0322. The average molecular weight is 832 g/mol. The zero-order valence-electron chi connectivity index (χ0n) is 39.7. The molecule has 0 saturated heterocycles. The van der Waals surface area contributed by atoms with Crippen molar-refractivity contribution < 1.29 is 24.5 Å². The Balaban J connectivity index is 4.49. The predicted molar refractivity (Wildman–Crippen MR) is 255 cm³/mol. The largest absolute Gasteiger partial charge is 0.462 e. The van der Waals surface area contributed by atoms with Gasteiger partial charge in [0.05, 0.1) is 25.2 Å². The number of carbonyl (C=O) groups is 2. The van der Waals surface area contributed by atoms with E-state index in [1.807, 2.05) is 0 Å². The van der Waals surface area contributed by atoms with Gasteiger partial charge in [0.25, 0.3) is 0 Å². The van der Waals surface area contributed by atoms with E-state index in [9.17, 15) is 19.8 Å². The molecule has 0 aromatic heterocycles. The van der Waals surface area contributed by atoms with Crippen LogP contribution in [0, 0.1) is 0 Å². The highest BCUT2D eigenvalue weighted by molar-refractivity contribution is 5.77. The topological polar surface area (TPSA) is 95.9 Å². The Morgan fingerprint density at radius 3 is 1.37 bits per heavy atom. The molecule has 0 radical (unpaired) electrons. The van der Waals surface area contributed by atoms with Gasteiger partial charge in [-0.1, -0.05) is 238 Å². The number of rotatable bonds is 47. The van der Waals surface area contributed by atoms with Crippen molar-refractivity contribution in [3.05, 3.63) is 24.3 Å². The van der Waals surface area contributed by atoms with Crippen molar-refractivity contribution in [3.63, 3.8) is 0 Å². The Morgan fingerprint density at radius 1 is 0.508 bits per heavy atom. The zero-order chi connectivity index (χ0) is 43.1. The molecule has 0 bridgehead atoms. The Morgan fingerprint density at radius 2 is 0.915 bits per heavy atom. The number of aliphatic hydroxyl groups excluding tert-OH is 2. The van der Waals surface area contributed by atoms with Crippen LogP contribution < -0.4 is 5.32 Å². The number of hydrogen-bond donors (Lipinski definition) is 3. The maximum absolute atomic E-state index is 13.2. The van der Waals surface area contributed by atoms with Gasteiger partial charge in [0.2, 0.25) is 5.91 Å². The van der Waals surface area contributed by atoms with Crippen LogP contribution in [-0.2, 0) is 14.3 Å². The SMILES string of the molecule is CC/C=C/C/C=C/CCCCCCCCCC(=O)OC(CCCCCCCCCCCCC)CC(=O)NC(CO)C(O)CCCCCCCCCCCCCCCCC. The van der Waals surface area contributed by atoms with Gasteiger partial charge in [-0.2, -0.15) is 0 Å². The Kier molecular flexibility index (Phi) is 46.1. The van der Waals surface area contributed by atoms with E-state index in [1.54, 1.807) is 0 Å². The van der Waals surface area contributed by atoms with Crippen LogP contribution in [0.5, 0.6) is 0 Å². The van der Waals surface area contributed by atoms with E-state index >= 15 is 0 Å². The summed E-state index contributed by atoms with van der Waals surface area (Å²) in [5.41, 5.74) is 0. The summed E-state index contributed by atoms with van der Waals surface area (Å²) in [6.45, 7) is 6.39. The molecular weight excluding hydrogens is 731 g/mol. The van der Waals surface area contributed by atoms with E-state index in [-0.39, 0.29) is 24.9 Å². The third-order valence-corrected chi connectivity index (χ3v) is 12.0. The lowest BCUT2D eigenvalue weighted by atomic mass is 10.0. The second kappa shape index (κ2) is 47.4. The van der Waals surface area contributed by atoms with Crippen molar-refractivity contribution in [1.29, 1.82) is 0 Å². The van der Waals surface area contributed by atoms with Crippen molar-refractivity contribution in [3.8, 4) is 0 Å². The molecule has 59 heavy (non-hydrogen) atoms. The standard InChI is InChI=1S/C53H101NO5/c1-4-7-10-13-16-19-22-24-26-27-30-33-36-39-42-45-51(56)50(48-55)54-52(57)47-49(44-41-38-35-32-29-21-18-15-12-9-6-3)59-53(58)46-43-40-37-34-31-28-25-23-20-17-14-11-8-5-2/h8,11,17,20,49-51,55-56H,4-7,9-10,12-16,18-19,21-48H2,1-3H3,(H,54,57)/b11-8+,20-17+. The minimum Gasteiger partial charge on any atom is -0.462 e. The molecule has 1 amide bonds. The van der Waals surface area contributed by atoms with Crippen LogP contribution in [0.2, 0.25) is 0 Å². The van der Waals surface area contributed by atoms with Crippen LogP contribution in [0.25, 0.3) is 0 Å². The maximum atomic E-state index is 13.2. The van der Waals surface area contributed by atoms with E-state index in [2.05, 4.69) is 50.4 Å². The van der Waals surface area contributed by atoms with Crippen LogP contribution in [0.4, 0.5) is 0 Å². The third kappa shape index (κ3) is 42.8. The average Bonchev–Trinajstić information content (AvgIpc) is 3.23. The van der Waals surface area contributed by atoms with E-state index < -0.39 is 18.2 Å². The minimum atomic E-state index is -0.784. The van der Waals surface area contributed by atoms with Gasteiger partial charge in [-0.05, 0) is 51.4 Å². The lowest BCUT2D eigenvalue weighted by Crippen LogP contribution is -2.46. The zero-order valence-corrected chi connectivity index (χ0v) is 39.7. The summed E-state index contributed by atoms with van der Waals surface area (Å²) < 4.78 is 5.93. The first kappa shape index (κ1) is 57.3. The fourth-order valence-corrected chi connectivity index (χ4v) is 8.12. The molecule has 0 spiro atoms. The monoisotopic (exact) mass is 832 g/mol. The van der Waals surface area contributed by atoms with Gasteiger partial charge in [0.15, 0.2) is 0 Å². The van der Waals surface area contributed by atoms with Gasteiger partial charge in [0, 0.05) is 6.42 Å². The molecule has 0 aliphatic rings. The first-order chi connectivity index (χ1) is 29.0. The van der Waals surface area contributed by atoms with Gasteiger partial charge >= 0.3 is 5.97 Å². The lowest BCUT2D eigenvalue weighted by molar-refractivity contribution is -0.151. The lowest BCUT2D eigenvalue weighted by Gasteiger charge is -2.24. The molecule has 3 N–H and O–H groups in total. The third-order valence-electron chi connectivity index (χ3n) is 12.0. The van der Waals surface area contributed by atoms with Crippen LogP contribution in [0.3, 0.4) is 0 Å². The summed E-state index contributed by atoms with van der Waals surface area (Å²) in [6.07, 6.45) is 53.8. The van der Waals surface area contributed by atoms with E-state index in [0.717, 1.165) is 64.2 Å². The minimum absolute atomic E-state index is 0.0797. The molecule has 0 rings (SSSR count). The summed E-state index contributed by atoms with van der Waals surface area (Å²) >= 11 is 0. The van der Waals surface area contributed by atoms with Gasteiger partial charge in [0.1, 0.15) is 6.10 Å². The molecule has 3 atom stereocenters. The number of amides is 1. The predicted octanol–water partition coefficient (Wildman–Crippen LogP) is 15.5. The van der Waals surface area contributed by atoms with Gasteiger partial charge < -0.3 is 20.3 Å². The molecule has 6 heteroatoms. The molecule has 348 valence electrons. The summed E-state index contributed by atoms with van der Waals surface area (Å²) in [7, 11) is 0. The van der Waals surface area contributed by atoms with Gasteiger partial charge in [-0.25, -0.2) is 0 Å². The normalized spacial score (nSPS) is 13.4. The Bertz CT molecular complexity index is 935. The second-order valence-electron chi connectivity index (χ2n) is 17.9. The number of esters is 1. The molecule has 0 aliphatic carbocycles. The van der Waals surface area contributed by atoms with Crippen molar-refractivity contribution in [2.24, 2.45) is 0 Å². The molecular formula is C53H101NO5. The molecule has 0 aliphatic heterocycles. The second-order valence-corrected chi connectivity index (χ2v) is 17.9. The molecule has 6 nitrogen and oxygen atoms in total. The first-order valence-corrected chi connectivity index (χ1v) is 26.1. The van der Waals surface area contributed by atoms with Crippen LogP contribution in [0.1, 0.15) is 278 Å².